The maximum atomic E-state index is 12.9. The van der Waals surface area contributed by atoms with Gasteiger partial charge >= 0.3 is 0 Å². The van der Waals surface area contributed by atoms with Crippen LogP contribution < -0.4 is 5.32 Å². The number of hydrogen-bond donors (Lipinski definition) is 1. The number of nitrogens with zero attached hydrogens (tertiary/aromatic N) is 1. The lowest BCUT2D eigenvalue weighted by molar-refractivity contribution is -0.116. The highest BCUT2D eigenvalue weighted by Gasteiger charge is 2.19. The van der Waals surface area contributed by atoms with E-state index in [0.29, 0.717) is 12.1 Å². The number of anilines is 1. The highest BCUT2D eigenvalue weighted by Crippen LogP contribution is 2.31. The Labute approximate surface area is 175 Å². The van der Waals surface area contributed by atoms with Gasteiger partial charge in [-0.05, 0) is 35.0 Å². The average Bonchev–Trinajstić information content (AvgIpc) is 2.74. The zero-order valence-corrected chi connectivity index (χ0v) is 17.4. The third kappa shape index (κ3) is 5.72. The molecule has 0 heterocycles. The van der Waals surface area contributed by atoms with Crippen LogP contribution in [0.3, 0.4) is 0 Å². The van der Waals surface area contributed by atoms with Crippen molar-refractivity contribution in [2.45, 2.75) is 17.2 Å². The van der Waals surface area contributed by atoms with E-state index in [1.807, 2.05) is 84.9 Å². The predicted molar refractivity (Wildman–Crippen MR) is 119 cm³/mol. The zero-order chi connectivity index (χ0) is 20.6. The Balaban J connectivity index is 1.79. The summed E-state index contributed by atoms with van der Waals surface area (Å²) >= 11 is 1.10. The molecule has 0 spiro atoms. The lowest BCUT2D eigenvalue weighted by Crippen LogP contribution is -2.18. The molecule has 0 aliphatic heterocycles. The third-order valence-corrected chi connectivity index (χ3v) is 5.63. The molecule has 3 rings (SSSR count). The molecule has 0 aromatic heterocycles. The Bertz CT molecular complexity index is 919. The van der Waals surface area contributed by atoms with E-state index < -0.39 is 0 Å². The summed E-state index contributed by atoms with van der Waals surface area (Å²) in [4.78, 5) is 27.2. The smallest absolute Gasteiger partial charge is 0.286 e. The zero-order valence-electron chi connectivity index (χ0n) is 16.5. The summed E-state index contributed by atoms with van der Waals surface area (Å²) in [5.74, 6) is -0.131. The van der Waals surface area contributed by atoms with Gasteiger partial charge in [-0.2, -0.15) is 0 Å². The van der Waals surface area contributed by atoms with E-state index in [1.165, 1.54) is 4.90 Å². The van der Waals surface area contributed by atoms with Crippen molar-refractivity contribution in [3.05, 3.63) is 96.1 Å². The molecule has 0 saturated heterocycles. The van der Waals surface area contributed by atoms with Crippen molar-refractivity contribution in [2.24, 2.45) is 0 Å². The monoisotopic (exact) mass is 404 g/mol. The molecule has 2 amide bonds. The maximum Gasteiger partial charge on any atom is 0.286 e. The molecule has 148 valence electrons. The fourth-order valence-corrected chi connectivity index (χ4v) is 3.78. The average molecular weight is 405 g/mol. The van der Waals surface area contributed by atoms with E-state index in [2.05, 4.69) is 5.32 Å². The molecule has 0 atom stereocenters. The summed E-state index contributed by atoms with van der Waals surface area (Å²) < 4.78 is 0. The van der Waals surface area contributed by atoms with Gasteiger partial charge in [-0.1, -0.05) is 72.8 Å². The van der Waals surface area contributed by atoms with Crippen LogP contribution in [0.5, 0.6) is 0 Å². The first-order valence-electron chi connectivity index (χ1n) is 9.42. The SMILES string of the molecule is CN(C)C(=O)Sc1ccccc1NC(=O)CC(c1ccccc1)c1ccccc1. The van der Waals surface area contributed by atoms with Crippen molar-refractivity contribution in [3.8, 4) is 0 Å². The topological polar surface area (TPSA) is 49.4 Å². The number of nitrogens with one attached hydrogen (secondary N) is 1. The van der Waals surface area contributed by atoms with Crippen molar-refractivity contribution >= 4 is 28.6 Å². The lowest BCUT2D eigenvalue weighted by atomic mass is 9.88. The molecule has 1 N–H and O–H groups in total. The van der Waals surface area contributed by atoms with Crippen LogP contribution in [0.25, 0.3) is 0 Å². The van der Waals surface area contributed by atoms with Crippen LogP contribution in [0.15, 0.2) is 89.8 Å². The second kappa shape index (κ2) is 9.94. The molecule has 0 aliphatic rings. The second-order valence-electron chi connectivity index (χ2n) is 6.88. The molecule has 0 unspecified atom stereocenters. The van der Waals surface area contributed by atoms with Crippen LogP contribution in [0.1, 0.15) is 23.5 Å². The first-order valence-corrected chi connectivity index (χ1v) is 10.2. The molecule has 0 fully saturated rings. The van der Waals surface area contributed by atoms with E-state index in [4.69, 9.17) is 0 Å². The minimum Gasteiger partial charge on any atom is -0.339 e. The van der Waals surface area contributed by atoms with Gasteiger partial charge in [-0.3, -0.25) is 9.59 Å². The Kier molecular flexibility index (Phi) is 7.09. The Morgan fingerprint density at radius 1 is 0.828 bits per heavy atom. The van der Waals surface area contributed by atoms with Crippen LogP contribution in [-0.2, 0) is 4.79 Å². The van der Waals surface area contributed by atoms with Gasteiger partial charge in [0.1, 0.15) is 0 Å². The first kappa shape index (κ1) is 20.7. The number of thioether (sulfide) groups is 1. The van der Waals surface area contributed by atoms with Gasteiger partial charge in [-0.15, -0.1) is 0 Å². The number of amides is 2. The van der Waals surface area contributed by atoms with Crippen LogP contribution in [0, 0.1) is 0 Å². The van der Waals surface area contributed by atoms with Crippen molar-refractivity contribution in [2.75, 3.05) is 19.4 Å². The normalized spacial score (nSPS) is 10.6. The van der Waals surface area contributed by atoms with Gasteiger partial charge in [0.15, 0.2) is 0 Å². The summed E-state index contributed by atoms with van der Waals surface area (Å²) in [5.41, 5.74) is 2.84. The molecule has 0 radical (unpaired) electrons. The standard InChI is InChI=1S/C24H24N2O2S/c1-26(2)24(28)29-22-16-10-9-15-21(22)25-23(27)17-20(18-11-5-3-6-12-18)19-13-7-4-8-14-19/h3-16,20H,17H2,1-2H3,(H,25,27). The molecule has 0 bridgehead atoms. The first-order chi connectivity index (χ1) is 14.0. The number of carbonyl (C=O) groups excluding carboxylic acids is 2. The lowest BCUT2D eigenvalue weighted by Gasteiger charge is -2.19. The Hall–Kier alpha value is -3.05. The van der Waals surface area contributed by atoms with Crippen molar-refractivity contribution in [3.63, 3.8) is 0 Å². The fourth-order valence-electron chi connectivity index (χ4n) is 3.03. The molecule has 4 nitrogen and oxygen atoms in total. The van der Waals surface area contributed by atoms with Crippen LogP contribution in [-0.4, -0.2) is 30.1 Å². The van der Waals surface area contributed by atoms with Crippen molar-refractivity contribution < 1.29 is 9.59 Å². The molecule has 3 aromatic rings. The largest absolute Gasteiger partial charge is 0.339 e. The molecule has 0 saturated carbocycles. The van der Waals surface area contributed by atoms with E-state index in [-0.39, 0.29) is 17.1 Å². The van der Waals surface area contributed by atoms with Crippen molar-refractivity contribution in [1.29, 1.82) is 0 Å². The highest BCUT2D eigenvalue weighted by atomic mass is 32.2. The van der Waals surface area contributed by atoms with E-state index in [1.54, 1.807) is 14.1 Å². The summed E-state index contributed by atoms with van der Waals surface area (Å²) in [5, 5.41) is 2.91. The molecule has 0 aliphatic carbocycles. The maximum absolute atomic E-state index is 12.9. The number of para-hydroxylation sites is 1. The quantitative estimate of drug-likeness (QED) is 0.542. The van der Waals surface area contributed by atoms with Gasteiger partial charge in [0.2, 0.25) is 5.91 Å². The number of hydrogen-bond acceptors (Lipinski definition) is 3. The number of rotatable bonds is 6. The van der Waals surface area contributed by atoms with E-state index in [0.717, 1.165) is 27.8 Å². The van der Waals surface area contributed by atoms with Crippen LogP contribution in [0.4, 0.5) is 10.5 Å². The molecular weight excluding hydrogens is 380 g/mol. The number of carbonyl (C=O) groups is 2. The van der Waals surface area contributed by atoms with E-state index >= 15 is 0 Å². The second-order valence-corrected chi connectivity index (χ2v) is 7.88. The fraction of sp³-hybridized carbons (Fsp3) is 0.167. The molecule has 5 heteroatoms. The Morgan fingerprint density at radius 3 is 1.90 bits per heavy atom. The predicted octanol–water partition coefficient (Wildman–Crippen LogP) is 5.62. The third-order valence-electron chi connectivity index (χ3n) is 4.52. The van der Waals surface area contributed by atoms with Crippen LogP contribution >= 0.6 is 11.8 Å². The van der Waals surface area contributed by atoms with E-state index in [9.17, 15) is 9.59 Å². The molecule has 3 aromatic carbocycles. The van der Waals surface area contributed by atoms with Gasteiger partial charge in [0.25, 0.3) is 5.24 Å². The minimum absolute atomic E-state index is 0.0411. The van der Waals surface area contributed by atoms with Gasteiger partial charge < -0.3 is 10.2 Å². The summed E-state index contributed by atoms with van der Waals surface area (Å²) in [6.07, 6.45) is 0.314. The van der Waals surface area contributed by atoms with Gasteiger partial charge in [0, 0.05) is 31.3 Å². The summed E-state index contributed by atoms with van der Waals surface area (Å²) in [7, 11) is 3.42. The van der Waals surface area contributed by atoms with Crippen LogP contribution in [0.2, 0.25) is 0 Å². The minimum atomic E-state index is -0.0898. The van der Waals surface area contributed by atoms with Gasteiger partial charge in [0.05, 0.1) is 5.69 Å². The highest BCUT2D eigenvalue weighted by molar-refractivity contribution is 8.13. The molecule has 29 heavy (non-hydrogen) atoms. The molecular formula is C24H24N2O2S. The van der Waals surface area contributed by atoms with Gasteiger partial charge in [-0.25, -0.2) is 0 Å². The summed E-state index contributed by atoms with van der Waals surface area (Å²) in [6.45, 7) is 0. The summed E-state index contributed by atoms with van der Waals surface area (Å²) in [6, 6.07) is 27.5. The van der Waals surface area contributed by atoms with Crippen molar-refractivity contribution in [1.82, 2.24) is 4.90 Å². The number of benzene rings is 3. The Morgan fingerprint density at radius 2 is 1.34 bits per heavy atom.